The highest BCUT2D eigenvalue weighted by Gasteiger charge is 2.14. The Balaban J connectivity index is 1.64. The number of nitrogens with zero attached hydrogens (tertiary/aromatic N) is 2. The fourth-order valence-corrected chi connectivity index (χ4v) is 2.98. The quantitative estimate of drug-likeness (QED) is 0.915. The predicted molar refractivity (Wildman–Crippen MR) is 92.9 cm³/mol. The van der Waals surface area contributed by atoms with Crippen molar-refractivity contribution >= 4 is 23.3 Å². The van der Waals surface area contributed by atoms with Crippen LogP contribution in [0.2, 0.25) is 5.02 Å². The van der Waals surface area contributed by atoms with Crippen LogP contribution in [0.1, 0.15) is 35.2 Å². The molecule has 0 atom stereocenters. The molecule has 1 amide bonds. The molecule has 126 valence electrons. The van der Waals surface area contributed by atoms with Crippen LogP contribution in [0.5, 0.6) is 0 Å². The van der Waals surface area contributed by atoms with Gasteiger partial charge in [-0.3, -0.25) is 4.79 Å². The van der Waals surface area contributed by atoms with Crippen LogP contribution in [-0.2, 0) is 6.54 Å². The molecule has 1 aromatic heterocycles. The molecule has 2 heterocycles. The van der Waals surface area contributed by atoms with Gasteiger partial charge in [0.25, 0.3) is 5.91 Å². The summed E-state index contributed by atoms with van der Waals surface area (Å²) in [6.07, 6.45) is 5.37. The zero-order chi connectivity index (χ0) is 16.9. The summed E-state index contributed by atoms with van der Waals surface area (Å²) in [5, 5.41) is 3.01. The van der Waals surface area contributed by atoms with Gasteiger partial charge in [-0.2, -0.15) is 0 Å². The number of amides is 1. The highest BCUT2D eigenvalue weighted by Crippen LogP contribution is 2.19. The van der Waals surface area contributed by atoms with E-state index in [9.17, 15) is 9.18 Å². The van der Waals surface area contributed by atoms with Crippen molar-refractivity contribution in [2.75, 3.05) is 18.0 Å². The molecule has 0 bridgehead atoms. The van der Waals surface area contributed by atoms with Gasteiger partial charge in [-0.25, -0.2) is 9.37 Å². The molecular formula is C18H19ClFN3O. The molecule has 0 aliphatic carbocycles. The SMILES string of the molecule is O=C(NCc1ccnc(N2CCCCC2)c1)c1ccc(Cl)cc1F. The number of anilines is 1. The fraction of sp³-hybridized carbons (Fsp3) is 0.333. The molecule has 1 saturated heterocycles. The minimum Gasteiger partial charge on any atom is -0.357 e. The minimum absolute atomic E-state index is 0.00953. The van der Waals surface area contributed by atoms with Crippen molar-refractivity contribution in [1.82, 2.24) is 10.3 Å². The highest BCUT2D eigenvalue weighted by molar-refractivity contribution is 6.30. The van der Waals surface area contributed by atoms with Crippen LogP contribution in [-0.4, -0.2) is 24.0 Å². The summed E-state index contributed by atoms with van der Waals surface area (Å²) < 4.78 is 13.8. The molecule has 2 aromatic rings. The summed E-state index contributed by atoms with van der Waals surface area (Å²) in [5.74, 6) is -0.150. The van der Waals surface area contributed by atoms with Gasteiger partial charge in [-0.15, -0.1) is 0 Å². The lowest BCUT2D eigenvalue weighted by atomic mass is 10.1. The molecule has 0 radical (unpaired) electrons. The number of carbonyl (C=O) groups is 1. The molecule has 1 aliphatic heterocycles. The average molecular weight is 348 g/mol. The number of nitrogens with one attached hydrogen (secondary N) is 1. The van der Waals surface area contributed by atoms with E-state index in [0.29, 0.717) is 6.54 Å². The van der Waals surface area contributed by atoms with Gasteiger partial charge in [0.15, 0.2) is 0 Å². The number of hydrogen-bond acceptors (Lipinski definition) is 3. The number of hydrogen-bond donors (Lipinski definition) is 1. The first-order valence-corrected chi connectivity index (χ1v) is 8.44. The molecular weight excluding hydrogens is 329 g/mol. The molecule has 4 nitrogen and oxygen atoms in total. The van der Waals surface area contributed by atoms with Crippen molar-refractivity contribution < 1.29 is 9.18 Å². The molecule has 6 heteroatoms. The summed E-state index contributed by atoms with van der Waals surface area (Å²) >= 11 is 5.70. The second-order valence-electron chi connectivity index (χ2n) is 5.88. The standard InChI is InChI=1S/C18H19ClFN3O/c19-14-4-5-15(16(20)11-14)18(24)22-12-13-6-7-21-17(10-13)23-8-2-1-3-9-23/h4-7,10-11H,1-3,8-9,12H2,(H,22,24). The normalized spacial score (nSPS) is 14.5. The zero-order valence-electron chi connectivity index (χ0n) is 13.3. The largest absolute Gasteiger partial charge is 0.357 e. The van der Waals surface area contributed by atoms with Crippen LogP contribution in [0.25, 0.3) is 0 Å². The predicted octanol–water partition coefficient (Wildman–Crippen LogP) is 3.79. The smallest absolute Gasteiger partial charge is 0.254 e. The Morgan fingerprint density at radius 2 is 2.00 bits per heavy atom. The minimum atomic E-state index is -0.622. The van der Waals surface area contributed by atoms with Crippen LogP contribution in [0.3, 0.4) is 0 Å². The second-order valence-corrected chi connectivity index (χ2v) is 6.31. The zero-order valence-corrected chi connectivity index (χ0v) is 14.0. The summed E-state index contributed by atoms with van der Waals surface area (Å²) in [6.45, 7) is 2.35. The molecule has 1 aromatic carbocycles. The molecule has 1 N–H and O–H groups in total. The topological polar surface area (TPSA) is 45.2 Å². The van der Waals surface area contributed by atoms with Gasteiger partial charge in [0.05, 0.1) is 5.56 Å². The maximum absolute atomic E-state index is 13.8. The molecule has 1 aliphatic rings. The number of carbonyl (C=O) groups excluding carboxylic acids is 1. The van der Waals surface area contributed by atoms with E-state index in [1.54, 1.807) is 6.20 Å². The summed E-state index contributed by atoms with van der Waals surface area (Å²) in [4.78, 5) is 18.8. The van der Waals surface area contributed by atoms with Crippen molar-refractivity contribution in [2.45, 2.75) is 25.8 Å². The van der Waals surface area contributed by atoms with E-state index in [1.165, 1.54) is 31.4 Å². The van der Waals surface area contributed by atoms with E-state index in [-0.39, 0.29) is 10.6 Å². The number of piperidine rings is 1. The number of aromatic nitrogens is 1. The Bertz CT molecular complexity index is 732. The van der Waals surface area contributed by atoms with Crippen LogP contribution in [0, 0.1) is 5.82 Å². The van der Waals surface area contributed by atoms with E-state index in [1.807, 2.05) is 12.1 Å². The third kappa shape index (κ3) is 4.03. The number of halogens is 2. The van der Waals surface area contributed by atoms with Crippen molar-refractivity contribution in [2.24, 2.45) is 0 Å². The van der Waals surface area contributed by atoms with E-state index in [0.717, 1.165) is 30.5 Å². The van der Waals surface area contributed by atoms with Gasteiger partial charge < -0.3 is 10.2 Å². The van der Waals surface area contributed by atoms with Crippen molar-refractivity contribution in [3.05, 3.63) is 58.5 Å². The van der Waals surface area contributed by atoms with Crippen LogP contribution in [0.15, 0.2) is 36.5 Å². The fourth-order valence-electron chi connectivity index (χ4n) is 2.82. The van der Waals surface area contributed by atoms with Crippen LogP contribution >= 0.6 is 11.6 Å². The Morgan fingerprint density at radius 1 is 1.21 bits per heavy atom. The first kappa shape index (κ1) is 16.7. The highest BCUT2D eigenvalue weighted by atomic mass is 35.5. The van der Waals surface area contributed by atoms with E-state index in [2.05, 4.69) is 15.2 Å². The molecule has 24 heavy (non-hydrogen) atoms. The van der Waals surface area contributed by atoms with Crippen LogP contribution < -0.4 is 10.2 Å². The molecule has 0 spiro atoms. The summed E-state index contributed by atoms with van der Waals surface area (Å²) in [6, 6.07) is 7.85. The number of pyridine rings is 1. The maximum Gasteiger partial charge on any atom is 0.254 e. The van der Waals surface area contributed by atoms with Gasteiger partial charge in [-0.1, -0.05) is 11.6 Å². The lowest BCUT2D eigenvalue weighted by molar-refractivity contribution is 0.0947. The van der Waals surface area contributed by atoms with Gasteiger partial charge >= 0.3 is 0 Å². The first-order valence-electron chi connectivity index (χ1n) is 8.06. The Kier molecular flexibility index (Phi) is 5.30. The second kappa shape index (κ2) is 7.62. The summed E-state index contributed by atoms with van der Waals surface area (Å²) in [7, 11) is 0. The van der Waals surface area contributed by atoms with Gasteiger partial charge in [0.1, 0.15) is 11.6 Å². The third-order valence-corrected chi connectivity index (χ3v) is 4.35. The maximum atomic E-state index is 13.8. The van der Waals surface area contributed by atoms with Crippen molar-refractivity contribution in [1.29, 1.82) is 0 Å². The van der Waals surface area contributed by atoms with Gasteiger partial charge in [0, 0.05) is 30.9 Å². The average Bonchev–Trinajstić information content (AvgIpc) is 2.61. The molecule has 1 fully saturated rings. The first-order chi connectivity index (χ1) is 11.6. The molecule has 3 rings (SSSR count). The number of benzene rings is 1. The number of rotatable bonds is 4. The molecule has 0 unspecified atom stereocenters. The van der Waals surface area contributed by atoms with Crippen molar-refractivity contribution in [3.63, 3.8) is 0 Å². The van der Waals surface area contributed by atoms with E-state index < -0.39 is 11.7 Å². The van der Waals surface area contributed by atoms with Crippen LogP contribution in [0.4, 0.5) is 10.2 Å². The van der Waals surface area contributed by atoms with E-state index >= 15 is 0 Å². The van der Waals surface area contributed by atoms with Gasteiger partial charge in [0.2, 0.25) is 0 Å². The van der Waals surface area contributed by atoms with Crippen molar-refractivity contribution in [3.8, 4) is 0 Å². The summed E-state index contributed by atoms with van der Waals surface area (Å²) in [5.41, 5.74) is 0.929. The Hall–Kier alpha value is -2.14. The Morgan fingerprint density at radius 3 is 2.75 bits per heavy atom. The lowest BCUT2D eigenvalue weighted by Crippen LogP contribution is -2.30. The molecule has 0 saturated carbocycles. The van der Waals surface area contributed by atoms with E-state index in [4.69, 9.17) is 11.6 Å². The lowest BCUT2D eigenvalue weighted by Gasteiger charge is -2.27. The third-order valence-electron chi connectivity index (χ3n) is 4.12. The Labute approximate surface area is 145 Å². The van der Waals surface area contributed by atoms with Gasteiger partial charge in [-0.05, 0) is 55.2 Å². The monoisotopic (exact) mass is 347 g/mol.